The zero-order valence-corrected chi connectivity index (χ0v) is 22.9. The number of hydrogen-bond donors (Lipinski definition) is 3. The summed E-state index contributed by atoms with van der Waals surface area (Å²) in [5.41, 5.74) is 7.36. The van der Waals surface area contributed by atoms with Gasteiger partial charge in [0, 0.05) is 51.4 Å². The summed E-state index contributed by atoms with van der Waals surface area (Å²) in [6.45, 7) is 3.13. The molecule has 13 nitrogen and oxygen atoms in total. The maximum atomic E-state index is 14.4. The number of furan rings is 1. The Morgan fingerprint density at radius 2 is 1.83 bits per heavy atom. The highest BCUT2D eigenvalue weighted by Gasteiger charge is 2.23. The number of aromatic nitrogens is 5. The van der Waals surface area contributed by atoms with E-state index in [1.807, 2.05) is 4.90 Å². The smallest absolute Gasteiger partial charge is 0.309 e. The monoisotopic (exact) mass is 590 g/mol. The van der Waals surface area contributed by atoms with Gasteiger partial charge < -0.3 is 30.0 Å². The van der Waals surface area contributed by atoms with Crippen molar-refractivity contribution in [2.75, 3.05) is 63.7 Å². The van der Waals surface area contributed by atoms with Gasteiger partial charge in [-0.15, -0.1) is 5.10 Å². The molecule has 0 atom stereocenters. The molecule has 1 saturated heterocycles. The quantitative estimate of drug-likeness (QED) is 0.252. The molecular weight excluding hydrogens is 562 g/mol. The first-order chi connectivity index (χ1) is 19.8. The number of aliphatic hydroxyl groups excluding tert-OH is 2. The lowest BCUT2D eigenvalue weighted by molar-refractivity contribution is 0.186. The van der Waals surface area contributed by atoms with Crippen molar-refractivity contribution in [2.45, 2.75) is 6.54 Å². The van der Waals surface area contributed by atoms with E-state index in [0.717, 1.165) is 17.4 Å². The number of thiazole rings is 1. The predicted molar refractivity (Wildman–Crippen MR) is 148 cm³/mol. The fraction of sp³-hybridized carbons (Fsp3) is 0.360. The van der Waals surface area contributed by atoms with Crippen LogP contribution in [0, 0.1) is 11.6 Å². The Balaban J connectivity index is 0.000000794. The molecule has 41 heavy (non-hydrogen) atoms. The predicted octanol–water partition coefficient (Wildman–Crippen LogP) is 1.42. The standard InChI is InChI=1S/C23H22F2N8O3S.C2H6O2/c1-35-17-12-15(13(24)11-14(17)25)31-7-4-30(5-8-31)6-9-32-20-18(37-23(32)34)21-27-19(16-3-2-10-36-16)29-33(21)22(26)28-20;3-1-2-4/h2-3,10-12H,4-9H2,1H3,(H2,26,28);3-4H,1-2H2. The Kier molecular flexibility index (Phi) is 8.44. The van der Waals surface area contributed by atoms with E-state index >= 15 is 0 Å². The highest BCUT2D eigenvalue weighted by molar-refractivity contribution is 7.17. The molecule has 0 bridgehead atoms. The van der Waals surface area contributed by atoms with Crippen molar-refractivity contribution in [1.29, 1.82) is 0 Å². The number of methoxy groups -OCH3 is 1. The van der Waals surface area contributed by atoms with E-state index in [2.05, 4.69) is 20.0 Å². The van der Waals surface area contributed by atoms with Crippen LogP contribution in [0.1, 0.15) is 0 Å². The minimum atomic E-state index is -0.731. The zero-order valence-electron chi connectivity index (χ0n) is 22.0. The number of nitrogens with two attached hydrogens (primary N) is 1. The molecule has 0 radical (unpaired) electrons. The van der Waals surface area contributed by atoms with Crippen molar-refractivity contribution < 1.29 is 28.1 Å². The number of hydrogen-bond acceptors (Lipinski definition) is 12. The molecule has 6 rings (SSSR count). The van der Waals surface area contributed by atoms with Crippen LogP contribution in [0.25, 0.3) is 27.6 Å². The van der Waals surface area contributed by atoms with Crippen LogP contribution < -0.4 is 20.2 Å². The number of ether oxygens (including phenoxy) is 1. The molecule has 1 aliphatic heterocycles. The van der Waals surface area contributed by atoms with Crippen molar-refractivity contribution in [1.82, 2.24) is 29.0 Å². The van der Waals surface area contributed by atoms with Crippen molar-refractivity contribution in [3.05, 3.63) is 51.8 Å². The molecule has 4 N–H and O–H groups in total. The van der Waals surface area contributed by atoms with Gasteiger partial charge in [-0.3, -0.25) is 14.3 Å². The van der Waals surface area contributed by atoms with Crippen LogP contribution in [0.5, 0.6) is 5.75 Å². The summed E-state index contributed by atoms with van der Waals surface area (Å²) in [6, 6.07) is 5.71. The number of nitrogen functional groups attached to an aromatic ring is 1. The first kappa shape index (κ1) is 28.4. The van der Waals surface area contributed by atoms with E-state index in [-0.39, 0.29) is 29.8 Å². The zero-order chi connectivity index (χ0) is 29.1. The molecule has 0 saturated carbocycles. The Morgan fingerprint density at radius 3 is 2.49 bits per heavy atom. The lowest BCUT2D eigenvalue weighted by Gasteiger charge is -2.36. The highest BCUT2D eigenvalue weighted by Crippen LogP contribution is 2.29. The van der Waals surface area contributed by atoms with Gasteiger partial charge in [0.25, 0.3) is 0 Å². The fourth-order valence-corrected chi connectivity index (χ4v) is 5.44. The summed E-state index contributed by atoms with van der Waals surface area (Å²) in [5.74, 6) is -0.392. The summed E-state index contributed by atoms with van der Waals surface area (Å²) in [4.78, 5) is 25.7. The van der Waals surface area contributed by atoms with Crippen molar-refractivity contribution >= 4 is 39.0 Å². The maximum Gasteiger partial charge on any atom is 0.309 e. The normalized spacial score (nSPS) is 14.0. The topological polar surface area (TPSA) is 160 Å². The number of rotatable bonds is 7. The lowest BCUT2D eigenvalue weighted by atomic mass is 10.2. The summed E-state index contributed by atoms with van der Waals surface area (Å²) >= 11 is 1.04. The first-order valence-corrected chi connectivity index (χ1v) is 13.5. The number of fused-ring (bicyclic) bond motifs is 3. The molecule has 218 valence electrons. The molecule has 0 unspecified atom stereocenters. The van der Waals surface area contributed by atoms with Gasteiger partial charge in [-0.2, -0.15) is 9.50 Å². The van der Waals surface area contributed by atoms with Gasteiger partial charge >= 0.3 is 4.87 Å². The summed E-state index contributed by atoms with van der Waals surface area (Å²) in [5, 5.41) is 19.6. The molecule has 1 aromatic carbocycles. The molecule has 4 aromatic heterocycles. The molecule has 16 heteroatoms. The first-order valence-electron chi connectivity index (χ1n) is 12.7. The van der Waals surface area contributed by atoms with Gasteiger partial charge in [0.2, 0.25) is 11.8 Å². The Hall–Kier alpha value is -4.12. The summed E-state index contributed by atoms with van der Waals surface area (Å²) in [6.07, 6.45) is 1.53. The molecule has 0 spiro atoms. The average Bonchev–Trinajstić information content (AvgIpc) is 3.72. The second kappa shape index (κ2) is 12.2. The fourth-order valence-electron chi connectivity index (χ4n) is 4.51. The number of piperazine rings is 1. The van der Waals surface area contributed by atoms with Gasteiger partial charge in [-0.1, -0.05) is 11.3 Å². The third-order valence-electron chi connectivity index (χ3n) is 6.53. The van der Waals surface area contributed by atoms with Crippen LogP contribution >= 0.6 is 11.3 Å². The van der Waals surface area contributed by atoms with Crippen LogP contribution in [0.3, 0.4) is 0 Å². The largest absolute Gasteiger partial charge is 0.494 e. The van der Waals surface area contributed by atoms with Gasteiger partial charge in [-0.25, -0.2) is 13.8 Å². The van der Waals surface area contributed by atoms with Gasteiger partial charge in [0.05, 0.1) is 32.3 Å². The van der Waals surface area contributed by atoms with E-state index in [4.69, 9.17) is 25.1 Å². The van der Waals surface area contributed by atoms with Gasteiger partial charge in [-0.05, 0) is 12.1 Å². The van der Waals surface area contributed by atoms with E-state index in [0.29, 0.717) is 72.5 Å². The minimum Gasteiger partial charge on any atom is -0.494 e. The Labute approximate surface area is 235 Å². The second-order valence-electron chi connectivity index (χ2n) is 9.00. The van der Waals surface area contributed by atoms with Crippen LogP contribution in [-0.4, -0.2) is 92.3 Å². The molecule has 5 heterocycles. The summed E-state index contributed by atoms with van der Waals surface area (Å²) < 4.78 is 42.1. The average molecular weight is 591 g/mol. The van der Waals surface area contributed by atoms with Crippen LogP contribution in [0.4, 0.5) is 20.4 Å². The molecular formula is C25H28F2N8O5S. The molecule has 1 aliphatic rings. The SMILES string of the molecule is COc1cc(N2CCN(CCn3c(=O)sc4c3nc(N)n3nc(-c5ccco5)nc43)CC2)c(F)cc1F.OCCO. The minimum absolute atomic E-state index is 0.00683. The van der Waals surface area contributed by atoms with Crippen molar-refractivity contribution in [2.24, 2.45) is 0 Å². The van der Waals surface area contributed by atoms with Crippen molar-refractivity contribution in [3.8, 4) is 17.3 Å². The number of nitrogens with zero attached hydrogens (tertiary/aromatic N) is 7. The number of halogens is 2. The van der Waals surface area contributed by atoms with Gasteiger partial charge in [0.1, 0.15) is 10.5 Å². The second-order valence-corrected chi connectivity index (χ2v) is 9.97. The van der Waals surface area contributed by atoms with E-state index in [9.17, 15) is 13.6 Å². The molecule has 0 aliphatic carbocycles. The Morgan fingerprint density at radius 1 is 1.07 bits per heavy atom. The van der Waals surface area contributed by atoms with E-state index in [1.54, 1.807) is 16.7 Å². The lowest BCUT2D eigenvalue weighted by Crippen LogP contribution is -2.47. The third kappa shape index (κ3) is 5.72. The van der Waals surface area contributed by atoms with Crippen LogP contribution in [0.2, 0.25) is 0 Å². The van der Waals surface area contributed by atoms with Crippen molar-refractivity contribution in [3.63, 3.8) is 0 Å². The van der Waals surface area contributed by atoms with Gasteiger partial charge in [0.15, 0.2) is 28.6 Å². The van der Waals surface area contributed by atoms with Crippen LogP contribution in [-0.2, 0) is 6.54 Å². The molecule has 1 fully saturated rings. The number of aliphatic hydroxyl groups is 2. The number of anilines is 2. The maximum absolute atomic E-state index is 14.4. The number of benzene rings is 1. The summed E-state index contributed by atoms with van der Waals surface area (Å²) in [7, 11) is 1.35. The molecule has 5 aromatic rings. The third-order valence-corrected chi connectivity index (χ3v) is 7.50. The van der Waals surface area contributed by atoms with Crippen LogP contribution in [0.15, 0.2) is 39.7 Å². The highest BCUT2D eigenvalue weighted by atomic mass is 32.1. The molecule has 0 amide bonds. The Bertz CT molecular complexity index is 1690. The van der Waals surface area contributed by atoms with E-state index in [1.165, 1.54) is 24.0 Å². The van der Waals surface area contributed by atoms with E-state index < -0.39 is 11.6 Å².